The van der Waals surface area contributed by atoms with Crippen molar-refractivity contribution in [3.8, 4) is 21.4 Å². The van der Waals surface area contributed by atoms with Crippen molar-refractivity contribution in [3.05, 3.63) is 52.3 Å². The first-order valence-electron chi connectivity index (χ1n) is 7.69. The number of thiophene rings is 1. The van der Waals surface area contributed by atoms with Gasteiger partial charge < -0.3 is 14.8 Å². The van der Waals surface area contributed by atoms with Crippen LogP contribution in [0.4, 0.5) is 0 Å². The molecule has 0 saturated carbocycles. The molecule has 0 saturated heterocycles. The van der Waals surface area contributed by atoms with Crippen molar-refractivity contribution in [1.29, 1.82) is 0 Å². The summed E-state index contributed by atoms with van der Waals surface area (Å²) in [6.07, 6.45) is 0. The molecule has 0 bridgehead atoms. The molecule has 3 rings (SSSR count). The molecule has 0 unspecified atom stereocenters. The van der Waals surface area contributed by atoms with E-state index in [1.54, 1.807) is 54.0 Å². The number of thiazole rings is 1. The molecule has 0 spiro atoms. The Morgan fingerprint density at radius 3 is 2.64 bits per heavy atom. The SMILES string of the molecule is COc1ccc(OCC(=O)NCc2sc(-c3cccs3)nc2C)cc1. The van der Waals surface area contributed by atoms with E-state index in [1.807, 2.05) is 24.4 Å². The van der Waals surface area contributed by atoms with Crippen molar-refractivity contribution >= 4 is 28.6 Å². The molecule has 0 aliphatic carbocycles. The van der Waals surface area contributed by atoms with E-state index in [-0.39, 0.29) is 12.5 Å². The first kappa shape index (κ1) is 17.4. The Hall–Kier alpha value is -2.38. The van der Waals surface area contributed by atoms with E-state index in [9.17, 15) is 4.79 Å². The van der Waals surface area contributed by atoms with Gasteiger partial charge in [-0.2, -0.15) is 0 Å². The van der Waals surface area contributed by atoms with Crippen LogP contribution in [0.1, 0.15) is 10.6 Å². The highest BCUT2D eigenvalue weighted by Crippen LogP contribution is 2.30. The number of carbonyl (C=O) groups is 1. The van der Waals surface area contributed by atoms with Crippen LogP contribution in [0, 0.1) is 6.92 Å². The quantitative estimate of drug-likeness (QED) is 0.682. The lowest BCUT2D eigenvalue weighted by molar-refractivity contribution is -0.123. The maximum absolute atomic E-state index is 12.0. The first-order valence-corrected chi connectivity index (χ1v) is 9.39. The van der Waals surface area contributed by atoms with Crippen LogP contribution in [0.5, 0.6) is 11.5 Å². The second-order valence-corrected chi connectivity index (χ2v) is 7.28. The van der Waals surface area contributed by atoms with E-state index in [4.69, 9.17) is 9.47 Å². The number of benzene rings is 1. The minimum absolute atomic E-state index is 0.0258. The number of nitrogens with one attached hydrogen (secondary N) is 1. The summed E-state index contributed by atoms with van der Waals surface area (Å²) < 4.78 is 10.6. The monoisotopic (exact) mass is 374 g/mol. The van der Waals surface area contributed by atoms with E-state index < -0.39 is 0 Å². The Morgan fingerprint density at radius 2 is 1.96 bits per heavy atom. The Morgan fingerprint density at radius 1 is 1.20 bits per heavy atom. The van der Waals surface area contributed by atoms with Gasteiger partial charge in [-0.25, -0.2) is 4.98 Å². The molecule has 1 N–H and O–H groups in total. The highest BCUT2D eigenvalue weighted by atomic mass is 32.1. The normalized spacial score (nSPS) is 10.5. The lowest BCUT2D eigenvalue weighted by atomic mass is 10.3. The first-order chi connectivity index (χ1) is 12.2. The number of aromatic nitrogens is 1. The lowest BCUT2D eigenvalue weighted by Gasteiger charge is -2.07. The summed E-state index contributed by atoms with van der Waals surface area (Å²) in [5, 5.41) is 5.90. The summed E-state index contributed by atoms with van der Waals surface area (Å²) in [7, 11) is 1.61. The van der Waals surface area contributed by atoms with E-state index >= 15 is 0 Å². The second kappa shape index (κ2) is 8.13. The van der Waals surface area contributed by atoms with Crippen molar-refractivity contribution in [2.45, 2.75) is 13.5 Å². The van der Waals surface area contributed by atoms with Gasteiger partial charge in [-0.3, -0.25) is 4.79 Å². The predicted molar refractivity (Wildman–Crippen MR) is 100 cm³/mol. The number of nitrogens with zero attached hydrogens (tertiary/aromatic N) is 1. The summed E-state index contributed by atoms with van der Waals surface area (Å²) in [5.41, 5.74) is 0.949. The third-order valence-electron chi connectivity index (χ3n) is 3.50. The molecule has 2 aromatic heterocycles. The summed E-state index contributed by atoms with van der Waals surface area (Å²) in [5.74, 6) is 1.21. The Balaban J connectivity index is 1.50. The van der Waals surface area contributed by atoms with Gasteiger partial charge >= 0.3 is 0 Å². The smallest absolute Gasteiger partial charge is 0.258 e. The molecule has 0 radical (unpaired) electrons. The zero-order valence-corrected chi connectivity index (χ0v) is 15.6. The van der Waals surface area contributed by atoms with Gasteiger partial charge in [0.05, 0.1) is 24.2 Å². The Labute approximate surface area is 154 Å². The molecule has 0 aliphatic rings. The number of carbonyl (C=O) groups excluding carboxylic acids is 1. The minimum Gasteiger partial charge on any atom is -0.497 e. The molecule has 1 amide bonds. The second-order valence-electron chi connectivity index (χ2n) is 5.25. The van der Waals surface area contributed by atoms with Crippen LogP contribution in [0.15, 0.2) is 41.8 Å². The number of ether oxygens (including phenoxy) is 2. The van der Waals surface area contributed by atoms with Crippen LogP contribution in [-0.4, -0.2) is 24.6 Å². The van der Waals surface area contributed by atoms with Crippen LogP contribution >= 0.6 is 22.7 Å². The molecular formula is C18H18N2O3S2. The van der Waals surface area contributed by atoms with Crippen LogP contribution < -0.4 is 14.8 Å². The molecule has 0 atom stereocenters. The van der Waals surface area contributed by atoms with Gasteiger partial charge in [-0.1, -0.05) is 6.07 Å². The molecule has 1 aromatic carbocycles. The van der Waals surface area contributed by atoms with E-state index in [0.717, 1.165) is 26.2 Å². The van der Waals surface area contributed by atoms with Gasteiger partial charge in [0.25, 0.3) is 5.91 Å². The zero-order chi connectivity index (χ0) is 17.6. The van der Waals surface area contributed by atoms with Gasteiger partial charge in [-0.05, 0) is 42.6 Å². The van der Waals surface area contributed by atoms with Gasteiger partial charge in [0, 0.05) is 4.88 Å². The number of hydrogen-bond donors (Lipinski definition) is 1. The Kier molecular flexibility index (Phi) is 5.67. The molecule has 5 nitrogen and oxygen atoms in total. The number of amides is 1. The molecule has 0 fully saturated rings. The number of hydrogen-bond acceptors (Lipinski definition) is 6. The van der Waals surface area contributed by atoms with Crippen molar-refractivity contribution in [2.24, 2.45) is 0 Å². The molecule has 0 aliphatic heterocycles. The van der Waals surface area contributed by atoms with E-state index in [1.165, 1.54) is 0 Å². The predicted octanol–water partition coefficient (Wildman–Crippen LogP) is 3.88. The van der Waals surface area contributed by atoms with Crippen molar-refractivity contribution in [1.82, 2.24) is 10.3 Å². The van der Waals surface area contributed by atoms with Gasteiger partial charge in [-0.15, -0.1) is 22.7 Å². The topological polar surface area (TPSA) is 60.5 Å². The third kappa shape index (κ3) is 4.58. The minimum atomic E-state index is -0.165. The number of methoxy groups -OCH3 is 1. The fraction of sp³-hybridized carbons (Fsp3) is 0.222. The van der Waals surface area contributed by atoms with Crippen LogP contribution in [0.2, 0.25) is 0 Å². The van der Waals surface area contributed by atoms with E-state index in [0.29, 0.717) is 12.3 Å². The molecule has 130 valence electrons. The largest absolute Gasteiger partial charge is 0.497 e. The van der Waals surface area contributed by atoms with Crippen LogP contribution in [0.25, 0.3) is 9.88 Å². The fourth-order valence-corrected chi connectivity index (χ4v) is 3.95. The molecule has 2 heterocycles. The molecule has 3 aromatic rings. The average molecular weight is 374 g/mol. The van der Waals surface area contributed by atoms with Crippen LogP contribution in [-0.2, 0) is 11.3 Å². The van der Waals surface area contributed by atoms with Crippen molar-refractivity contribution in [3.63, 3.8) is 0 Å². The summed E-state index contributed by atoms with van der Waals surface area (Å²) in [6, 6.07) is 11.2. The fourth-order valence-electron chi connectivity index (χ4n) is 2.15. The Bertz CT molecular complexity index is 827. The molecule has 7 heteroatoms. The van der Waals surface area contributed by atoms with Gasteiger partial charge in [0.2, 0.25) is 0 Å². The average Bonchev–Trinajstić information content (AvgIpc) is 3.28. The van der Waals surface area contributed by atoms with Crippen molar-refractivity contribution < 1.29 is 14.3 Å². The van der Waals surface area contributed by atoms with Crippen LogP contribution in [0.3, 0.4) is 0 Å². The summed E-state index contributed by atoms with van der Waals surface area (Å²) >= 11 is 3.27. The maximum Gasteiger partial charge on any atom is 0.258 e. The summed E-state index contributed by atoms with van der Waals surface area (Å²) in [6.45, 7) is 2.39. The molecular weight excluding hydrogens is 356 g/mol. The number of rotatable bonds is 7. The highest BCUT2D eigenvalue weighted by Gasteiger charge is 2.11. The van der Waals surface area contributed by atoms with E-state index in [2.05, 4.69) is 10.3 Å². The summed E-state index contributed by atoms with van der Waals surface area (Å²) in [4.78, 5) is 18.8. The lowest BCUT2D eigenvalue weighted by Crippen LogP contribution is -2.28. The van der Waals surface area contributed by atoms with Gasteiger partial charge in [0.15, 0.2) is 6.61 Å². The standard InChI is InChI=1S/C18H18N2O3S2/c1-12-16(25-18(20-12)15-4-3-9-24-15)10-19-17(21)11-23-14-7-5-13(22-2)6-8-14/h3-9H,10-11H2,1-2H3,(H,19,21). The molecule has 25 heavy (non-hydrogen) atoms. The zero-order valence-electron chi connectivity index (χ0n) is 13.9. The van der Waals surface area contributed by atoms with Crippen molar-refractivity contribution in [2.75, 3.05) is 13.7 Å². The van der Waals surface area contributed by atoms with Gasteiger partial charge in [0.1, 0.15) is 16.5 Å². The third-order valence-corrected chi connectivity index (χ3v) is 5.70. The number of aryl methyl sites for hydroxylation is 1. The maximum atomic E-state index is 12.0. The highest BCUT2D eigenvalue weighted by molar-refractivity contribution is 7.21.